The third-order valence-corrected chi connectivity index (χ3v) is 2.65. The fourth-order valence-electron chi connectivity index (χ4n) is 1.58. The van der Waals surface area contributed by atoms with E-state index < -0.39 is 0 Å². The molecule has 2 aromatic rings. The van der Waals surface area contributed by atoms with Crippen LogP contribution in [0.1, 0.15) is 11.1 Å². The highest BCUT2D eigenvalue weighted by Crippen LogP contribution is 2.08. The van der Waals surface area contributed by atoms with Gasteiger partial charge in [-0.1, -0.05) is 36.4 Å². The highest BCUT2D eigenvalue weighted by Gasteiger charge is 1.96. The lowest BCUT2D eigenvalue weighted by Gasteiger charge is -1.98. The average molecular weight is 261 g/mol. The standard InChI is InChI=1S/C8H10FN.C7H10N2/c9-8-4-2-1-3-7(8)5-6-10;8-5-6-3-1-2-4-7(6)9/h1-4H,5-6,10H2;1-4H,5,8-9H2. The number of para-hydroxylation sites is 1. The maximum Gasteiger partial charge on any atom is 0.126 e. The van der Waals surface area contributed by atoms with E-state index in [1.165, 1.54) is 6.07 Å². The van der Waals surface area contributed by atoms with Gasteiger partial charge in [-0.25, -0.2) is 4.39 Å². The van der Waals surface area contributed by atoms with Crippen molar-refractivity contribution in [3.63, 3.8) is 0 Å². The molecule has 0 amide bonds. The van der Waals surface area contributed by atoms with Crippen molar-refractivity contribution < 1.29 is 4.39 Å². The molecule has 0 saturated heterocycles. The molecule has 0 bridgehead atoms. The van der Waals surface area contributed by atoms with Gasteiger partial charge in [-0.15, -0.1) is 0 Å². The Morgan fingerprint density at radius 2 is 1.42 bits per heavy atom. The van der Waals surface area contributed by atoms with E-state index >= 15 is 0 Å². The third kappa shape index (κ3) is 5.07. The second kappa shape index (κ2) is 8.24. The fourth-order valence-corrected chi connectivity index (χ4v) is 1.58. The van der Waals surface area contributed by atoms with Crippen LogP contribution in [0, 0.1) is 5.82 Å². The minimum absolute atomic E-state index is 0.159. The van der Waals surface area contributed by atoms with Gasteiger partial charge in [0.25, 0.3) is 0 Å². The van der Waals surface area contributed by atoms with Gasteiger partial charge in [-0.2, -0.15) is 0 Å². The predicted octanol–water partition coefficient (Wildman–Crippen LogP) is 2.05. The zero-order chi connectivity index (χ0) is 14.1. The first-order chi connectivity index (χ1) is 9.19. The van der Waals surface area contributed by atoms with E-state index in [0.29, 0.717) is 25.1 Å². The van der Waals surface area contributed by atoms with Crippen molar-refractivity contribution in [3.05, 3.63) is 65.5 Å². The zero-order valence-electron chi connectivity index (χ0n) is 10.9. The first-order valence-electron chi connectivity index (χ1n) is 6.16. The smallest absolute Gasteiger partial charge is 0.126 e. The van der Waals surface area contributed by atoms with E-state index in [1.54, 1.807) is 12.1 Å². The van der Waals surface area contributed by atoms with Crippen molar-refractivity contribution in [2.75, 3.05) is 12.3 Å². The summed E-state index contributed by atoms with van der Waals surface area (Å²) >= 11 is 0. The molecule has 0 atom stereocenters. The van der Waals surface area contributed by atoms with Crippen molar-refractivity contribution in [3.8, 4) is 0 Å². The summed E-state index contributed by atoms with van der Waals surface area (Å²) in [5.74, 6) is -0.159. The molecule has 2 aromatic carbocycles. The Morgan fingerprint density at radius 3 is 1.89 bits per heavy atom. The Kier molecular flexibility index (Phi) is 6.57. The van der Waals surface area contributed by atoms with Crippen LogP contribution in [0.25, 0.3) is 0 Å². The number of hydrogen-bond donors (Lipinski definition) is 3. The summed E-state index contributed by atoms with van der Waals surface area (Å²) in [6, 6.07) is 14.3. The molecule has 2 rings (SSSR count). The Labute approximate surface area is 113 Å². The van der Waals surface area contributed by atoms with E-state index in [-0.39, 0.29) is 5.82 Å². The fraction of sp³-hybridized carbons (Fsp3) is 0.200. The SMILES string of the molecule is NCCc1ccccc1F.NCc1ccccc1N. The van der Waals surface area contributed by atoms with Crippen LogP contribution in [-0.2, 0) is 13.0 Å². The minimum atomic E-state index is -0.159. The van der Waals surface area contributed by atoms with E-state index in [2.05, 4.69) is 0 Å². The molecular weight excluding hydrogens is 241 g/mol. The van der Waals surface area contributed by atoms with Gasteiger partial charge in [-0.05, 0) is 36.2 Å². The molecule has 0 fully saturated rings. The molecule has 0 aliphatic heterocycles. The lowest BCUT2D eigenvalue weighted by atomic mass is 10.1. The number of benzene rings is 2. The van der Waals surface area contributed by atoms with Gasteiger partial charge in [0, 0.05) is 12.2 Å². The molecule has 0 aliphatic carbocycles. The van der Waals surface area contributed by atoms with Gasteiger partial charge >= 0.3 is 0 Å². The van der Waals surface area contributed by atoms with Crippen molar-refractivity contribution in [1.82, 2.24) is 0 Å². The summed E-state index contributed by atoms with van der Waals surface area (Å²) in [5.41, 5.74) is 18.7. The second-order valence-electron chi connectivity index (χ2n) is 4.03. The number of anilines is 1. The molecule has 0 spiro atoms. The Hall–Kier alpha value is -1.91. The quantitative estimate of drug-likeness (QED) is 0.740. The molecule has 3 nitrogen and oxygen atoms in total. The van der Waals surface area contributed by atoms with Crippen LogP contribution in [0.2, 0.25) is 0 Å². The monoisotopic (exact) mass is 261 g/mol. The molecule has 0 radical (unpaired) electrons. The van der Waals surface area contributed by atoms with Gasteiger partial charge in [-0.3, -0.25) is 0 Å². The maximum absolute atomic E-state index is 12.7. The Balaban J connectivity index is 0.000000191. The largest absolute Gasteiger partial charge is 0.398 e. The van der Waals surface area contributed by atoms with Crippen LogP contribution in [0.5, 0.6) is 0 Å². The summed E-state index contributed by atoms with van der Waals surface area (Å²) in [7, 11) is 0. The second-order valence-corrected chi connectivity index (χ2v) is 4.03. The molecule has 4 heteroatoms. The first kappa shape index (κ1) is 15.1. The summed E-state index contributed by atoms with van der Waals surface area (Å²) in [6.07, 6.45) is 0.618. The summed E-state index contributed by atoms with van der Waals surface area (Å²) in [6.45, 7) is 1.02. The minimum Gasteiger partial charge on any atom is -0.398 e. The highest BCUT2D eigenvalue weighted by molar-refractivity contribution is 5.45. The average Bonchev–Trinajstić information content (AvgIpc) is 2.43. The van der Waals surface area contributed by atoms with Gasteiger partial charge in [0.1, 0.15) is 5.82 Å². The lowest BCUT2D eigenvalue weighted by Crippen LogP contribution is -2.03. The number of nitrogens with two attached hydrogens (primary N) is 3. The van der Waals surface area contributed by atoms with Crippen LogP contribution in [0.15, 0.2) is 48.5 Å². The van der Waals surface area contributed by atoms with Gasteiger partial charge in [0.2, 0.25) is 0 Å². The summed E-state index contributed by atoms with van der Waals surface area (Å²) < 4.78 is 12.7. The van der Waals surface area contributed by atoms with Crippen molar-refractivity contribution >= 4 is 5.69 Å². The zero-order valence-corrected chi connectivity index (χ0v) is 10.9. The lowest BCUT2D eigenvalue weighted by molar-refractivity contribution is 0.609. The van der Waals surface area contributed by atoms with Crippen LogP contribution < -0.4 is 17.2 Å². The molecule has 0 heterocycles. The number of halogens is 1. The molecule has 0 unspecified atom stereocenters. The third-order valence-electron chi connectivity index (χ3n) is 2.65. The molecule has 19 heavy (non-hydrogen) atoms. The normalized spacial score (nSPS) is 9.63. The van der Waals surface area contributed by atoms with Crippen LogP contribution in [-0.4, -0.2) is 6.54 Å². The summed E-state index contributed by atoms with van der Waals surface area (Å²) in [4.78, 5) is 0. The van der Waals surface area contributed by atoms with E-state index in [1.807, 2.05) is 30.3 Å². The molecular formula is C15H20FN3. The van der Waals surface area contributed by atoms with Crippen LogP contribution in [0.4, 0.5) is 10.1 Å². The molecule has 0 aliphatic rings. The Bertz CT molecular complexity index is 500. The van der Waals surface area contributed by atoms with Crippen molar-refractivity contribution in [2.45, 2.75) is 13.0 Å². The van der Waals surface area contributed by atoms with Gasteiger partial charge in [0.05, 0.1) is 0 Å². The highest BCUT2D eigenvalue weighted by atomic mass is 19.1. The van der Waals surface area contributed by atoms with E-state index in [4.69, 9.17) is 17.2 Å². The number of hydrogen-bond acceptors (Lipinski definition) is 3. The Morgan fingerprint density at radius 1 is 0.842 bits per heavy atom. The van der Waals surface area contributed by atoms with Crippen molar-refractivity contribution in [1.29, 1.82) is 0 Å². The summed E-state index contributed by atoms with van der Waals surface area (Å²) in [5, 5.41) is 0. The van der Waals surface area contributed by atoms with E-state index in [9.17, 15) is 4.39 Å². The molecule has 102 valence electrons. The number of nitrogen functional groups attached to an aromatic ring is 1. The molecule has 6 N–H and O–H groups in total. The van der Waals surface area contributed by atoms with Gasteiger partial charge in [0.15, 0.2) is 0 Å². The van der Waals surface area contributed by atoms with Crippen LogP contribution in [0.3, 0.4) is 0 Å². The maximum atomic E-state index is 12.7. The van der Waals surface area contributed by atoms with Crippen molar-refractivity contribution in [2.24, 2.45) is 11.5 Å². The van der Waals surface area contributed by atoms with Gasteiger partial charge < -0.3 is 17.2 Å². The number of rotatable bonds is 3. The predicted molar refractivity (Wildman–Crippen MR) is 77.9 cm³/mol. The molecule has 0 saturated carbocycles. The molecule has 0 aromatic heterocycles. The van der Waals surface area contributed by atoms with Crippen LogP contribution >= 0.6 is 0 Å². The van der Waals surface area contributed by atoms with E-state index in [0.717, 1.165) is 11.3 Å². The topological polar surface area (TPSA) is 78.1 Å². The first-order valence-corrected chi connectivity index (χ1v) is 6.16.